The van der Waals surface area contributed by atoms with Crippen LogP contribution >= 0.6 is 11.6 Å². The number of rotatable bonds is 5. The third-order valence-corrected chi connectivity index (χ3v) is 2.60. The molecule has 0 amide bonds. The van der Waals surface area contributed by atoms with Crippen LogP contribution in [0.4, 0.5) is 5.69 Å². The predicted octanol–water partition coefficient (Wildman–Crippen LogP) is 2.74. The van der Waals surface area contributed by atoms with E-state index in [0.717, 1.165) is 24.9 Å². The first-order valence-electron chi connectivity index (χ1n) is 5.08. The van der Waals surface area contributed by atoms with Crippen LogP contribution in [0.1, 0.15) is 12.0 Å². The molecular weight excluding hydrogens is 228 g/mol. The zero-order valence-corrected chi connectivity index (χ0v) is 10.2. The van der Waals surface area contributed by atoms with Gasteiger partial charge in [0.25, 0.3) is 5.69 Å². The second-order valence-corrected chi connectivity index (χ2v) is 4.36. The van der Waals surface area contributed by atoms with Gasteiger partial charge in [0.2, 0.25) is 0 Å². The van der Waals surface area contributed by atoms with Crippen LogP contribution in [0, 0.1) is 10.1 Å². The second kappa shape index (κ2) is 5.82. The van der Waals surface area contributed by atoms with Crippen LogP contribution in [0.5, 0.6) is 0 Å². The molecule has 0 unspecified atom stereocenters. The highest BCUT2D eigenvalue weighted by molar-refractivity contribution is 6.32. The molecule has 1 aromatic rings. The van der Waals surface area contributed by atoms with Crippen LogP contribution in [0.15, 0.2) is 18.2 Å². The minimum Gasteiger partial charge on any atom is -0.309 e. The molecule has 0 saturated carbocycles. The van der Waals surface area contributed by atoms with Gasteiger partial charge in [0, 0.05) is 6.07 Å². The first-order chi connectivity index (χ1) is 7.50. The summed E-state index contributed by atoms with van der Waals surface area (Å²) < 4.78 is 0. The molecule has 1 rings (SSSR count). The Balaban J connectivity index is 2.68. The van der Waals surface area contributed by atoms with E-state index in [1.54, 1.807) is 12.1 Å². The number of halogens is 1. The number of hydrogen-bond donors (Lipinski definition) is 0. The molecule has 0 aromatic heterocycles. The summed E-state index contributed by atoms with van der Waals surface area (Å²) in [5.41, 5.74) is 0.946. The molecule has 5 heteroatoms. The Hall–Kier alpha value is -1.13. The van der Waals surface area contributed by atoms with E-state index in [-0.39, 0.29) is 10.7 Å². The van der Waals surface area contributed by atoms with Crippen LogP contribution < -0.4 is 0 Å². The Morgan fingerprint density at radius 3 is 2.69 bits per heavy atom. The summed E-state index contributed by atoms with van der Waals surface area (Å²) in [4.78, 5) is 12.3. The molecular formula is C11H15ClN2O2. The van der Waals surface area contributed by atoms with E-state index in [1.807, 2.05) is 20.2 Å². The van der Waals surface area contributed by atoms with Crippen molar-refractivity contribution in [3.63, 3.8) is 0 Å². The molecule has 0 atom stereocenters. The maximum absolute atomic E-state index is 10.7. The summed E-state index contributed by atoms with van der Waals surface area (Å²) in [5.74, 6) is 0. The van der Waals surface area contributed by atoms with Gasteiger partial charge in [0.05, 0.1) is 4.92 Å². The SMILES string of the molecule is CN(C)CCCc1ccc(Cl)c([N+](=O)[O-])c1. The van der Waals surface area contributed by atoms with Crippen LogP contribution in [0.25, 0.3) is 0 Å². The lowest BCUT2D eigenvalue weighted by molar-refractivity contribution is -0.384. The third kappa shape index (κ3) is 3.79. The fourth-order valence-corrected chi connectivity index (χ4v) is 1.64. The van der Waals surface area contributed by atoms with Gasteiger partial charge < -0.3 is 4.90 Å². The van der Waals surface area contributed by atoms with Gasteiger partial charge in [-0.25, -0.2) is 0 Å². The quantitative estimate of drug-likeness (QED) is 0.589. The zero-order valence-electron chi connectivity index (χ0n) is 9.44. The summed E-state index contributed by atoms with van der Waals surface area (Å²) in [6, 6.07) is 4.98. The maximum atomic E-state index is 10.7. The van der Waals surface area contributed by atoms with Crippen LogP contribution in [0.3, 0.4) is 0 Å². The topological polar surface area (TPSA) is 46.4 Å². The Morgan fingerprint density at radius 2 is 2.12 bits per heavy atom. The largest absolute Gasteiger partial charge is 0.309 e. The smallest absolute Gasteiger partial charge is 0.288 e. The van der Waals surface area contributed by atoms with Gasteiger partial charge in [-0.3, -0.25) is 10.1 Å². The minimum atomic E-state index is -0.447. The van der Waals surface area contributed by atoms with Crippen molar-refractivity contribution in [3.05, 3.63) is 38.9 Å². The van der Waals surface area contributed by atoms with Gasteiger partial charge in [-0.2, -0.15) is 0 Å². The number of hydrogen-bond acceptors (Lipinski definition) is 3. The molecule has 88 valence electrons. The molecule has 0 heterocycles. The van der Waals surface area contributed by atoms with Gasteiger partial charge in [-0.05, 0) is 45.1 Å². The third-order valence-electron chi connectivity index (χ3n) is 2.28. The van der Waals surface area contributed by atoms with Crippen molar-refractivity contribution in [2.45, 2.75) is 12.8 Å². The molecule has 0 saturated heterocycles. The minimum absolute atomic E-state index is 0.0102. The highest BCUT2D eigenvalue weighted by atomic mass is 35.5. The molecule has 4 nitrogen and oxygen atoms in total. The second-order valence-electron chi connectivity index (χ2n) is 3.95. The van der Waals surface area contributed by atoms with E-state index in [1.165, 1.54) is 0 Å². The first kappa shape index (κ1) is 12.9. The van der Waals surface area contributed by atoms with Crippen molar-refractivity contribution in [1.29, 1.82) is 0 Å². The van der Waals surface area contributed by atoms with Crippen LogP contribution in [-0.2, 0) is 6.42 Å². The number of nitrogens with zero attached hydrogens (tertiary/aromatic N) is 2. The van der Waals surface area contributed by atoms with Gasteiger partial charge in [-0.15, -0.1) is 0 Å². The van der Waals surface area contributed by atoms with E-state index >= 15 is 0 Å². The van der Waals surface area contributed by atoms with Gasteiger partial charge in [0.1, 0.15) is 5.02 Å². The Morgan fingerprint density at radius 1 is 1.44 bits per heavy atom. The molecule has 0 fully saturated rings. The van der Waals surface area contributed by atoms with Gasteiger partial charge >= 0.3 is 0 Å². The molecule has 0 N–H and O–H groups in total. The fraction of sp³-hybridized carbons (Fsp3) is 0.455. The van der Waals surface area contributed by atoms with Crippen molar-refractivity contribution in [2.24, 2.45) is 0 Å². The van der Waals surface area contributed by atoms with Crippen molar-refractivity contribution >= 4 is 17.3 Å². The Kier molecular flexibility index (Phi) is 4.71. The summed E-state index contributed by atoms with van der Waals surface area (Å²) in [5, 5.41) is 10.9. The molecule has 1 aromatic carbocycles. The van der Waals surface area contributed by atoms with E-state index in [2.05, 4.69) is 4.90 Å². The molecule has 0 radical (unpaired) electrons. The zero-order chi connectivity index (χ0) is 12.1. The summed E-state index contributed by atoms with van der Waals surface area (Å²) >= 11 is 5.73. The standard InChI is InChI=1S/C11H15ClN2O2/c1-13(2)7-3-4-9-5-6-10(12)11(8-9)14(15)16/h5-6,8H,3-4,7H2,1-2H3. The lowest BCUT2D eigenvalue weighted by atomic mass is 10.1. The molecule has 0 spiro atoms. The summed E-state index contributed by atoms with van der Waals surface area (Å²) in [7, 11) is 4.01. The normalized spacial score (nSPS) is 10.8. The Labute approximate surface area is 100.0 Å². The number of aryl methyl sites for hydroxylation is 1. The monoisotopic (exact) mass is 242 g/mol. The van der Waals surface area contributed by atoms with Crippen LogP contribution in [-0.4, -0.2) is 30.5 Å². The highest BCUT2D eigenvalue weighted by Crippen LogP contribution is 2.25. The lowest BCUT2D eigenvalue weighted by Crippen LogP contribution is -2.13. The van der Waals surface area contributed by atoms with Crippen molar-refractivity contribution < 1.29 is 4.92 Å². The van der Waals surface area contributed by atoms with E-state index in [9.17, 15) is 10.1 Å². The summed E-state index contributed by atoms with van der Waals surface area (Å²) in [6.07, 6.45) is 1.81. The number of benzene rings is 1. The number of nitro groups is 1. The maximum Gasteiger partial charge on any atom is 0.288 e. The lowest BCUT2D eigenvalue weighted by Gasteiger charge is -2.08. The van der Waals surface area contributed by atoms with E-state index in [4.69, 9.17) is 11.6 Å². The first-order valence-corrected chi connectivity index (χ1v) is 5.46. The van der Waals surface area contributed by atoms with E-state index < -0.39 is 4.92 Å². The van der Waals surface area contributed by atoms with Crippen molar-refractivity contribution in [2.75, 3.05) is 20.6 Å². The number of nitro benzene ring substituents is 1. The van der Waals surface area contributed by atoms with Crippen molar-refractivity contribution in [1.82, 2.24) is 4.90 Å². The molecule has 0 bridgehead atoms. The molecule has 16 heavy (non-hydrogen) atoms. The predicted molar refractivity (Wildman–Crippen MR) is 65.0 cm³/mol. The van der Waals surface area contributed by atoms with Crippen LogP contribution in [0.2, 0.25) is 5.02 Å². The molecule has 0 aliphatic carbocycles. The Bertz CT molecular complexity index is 380. The highest BCUT2D eigenvalue weighted by Gasteiger charge is 2.12. The van der Waals surface area contributed by atoms with Gasteiger partial charge in [0.15, 0.2) is 0 Å². The molecule has 0 aliphatic rings. The molecule has 0 aliphatic heterocycles. The fourth-order valence-electron chi connectivity index (χ4n) is 1.45. The average molecular weight is 243 g/mol. The average Bonchev–Trinajstić information content (AvgIpc) is 2.19. The van der Waals surface area contributed by atoms with Gasteiger partial charge in [-0.1, -0.05) is 17.7 Å². The van der Waals surface area contributed by atoms with E-state index in [0.29, 0.717) is 0 Å². The summed E-state index contributed by atoms with van der Waals surface area (Å²) in [6.45, 7) is 0.969. The van der Waals surface area contributed by atoms with Crippen molar-refractivity contribution in [3.8, 4) is 0 Å².